The minimum atomic E-state index is -3.76. The highest BCUT2D eigenvalue weighted by molar-refractivity contribution is 7.89. The number of ether oxygens (including phenoxy) is 3. The number of methoxy groups -OCH3 is 2. The number of morpholine rings is 1. The number of nitrogens with zero attached hydrogens (tertiary/aromatic N) is 1. The van der Waals surface area contributed by atoms with Crippen molar-refractivity contribution in [2.75, 3.05) is 52.4 Å². The van der Waals surface area contributed by atoms with Gasteiger partial charge in [0.2, 0.25) is 15.9 Å². The van der Waals surface area contributed by atoms with Crippen LogP contribution in [0.4, 0.5) is 5.69 Å². The first kappa shape index (κ1) is 23.6. The van der Waals surface area contributed by atoms with Crippen LogP contribution >= 0.6 is 12.4 Å². The number of anilines is 1. The Hall–Kier alpha value is -1.43. The Labute approximate surface area is 165 Å². The molecule has 1 unspecified atom stereocenters. The number of nitrogens with one attached hydrogen (secondary N) is 1. The Morgan fingerprint density at radius 2 is 2.00 bits per heavy atom. The summed E-state index contributed by atoms with van der Waals surface area (Å²) in [5.74, 6) is -0.103. The zero-order valence-electron chi connectivity index (χ0n) is 15.3. The molecule has 1 aromatic rings. The van der Waals surface area contributed by atoms with Crippen molar-refractivity contribution >= 4 is 34.0 Å². The smallest absolute Gasteiger partial charge is 0.246 e. The van der Waals surface area contributed by atoms with E-state index in [0.29, 0.717) is 18.9 Å². The van der Waals surface area contributed by atoms with E-state index in [2.05, 4.69) is 5.32 Å². The lowest BCUT2D eigenvalue weighted by Gasteiger charge is -2.26. The van der Waals surface area contributed by atoms with E-state index in [-0.39, 0.29) is 55.0 Å². The molecule has 0 aliphatic carbocycles. The van der Waals surface area contributed by atoms with Gasteiger partial charge >= 0.3 is 0 Å². The quantitative estimate of drug-likeness (QED) is 0.622. The summed E-state index contributed by atoms with van der Waals surface area (Å²) in [4.78, 5) is 12.1. The highest BCUT2D eigenvalue weighted by atomic mass is 35.5. The van der Waals surface area contributed by atoms with Crippen LogP contribution in [0.5, 0.6) is 5.75 Å². The van der Waals surface area contributed by atoms with Gasteiger partial charge in [0, 0.05) is 32.4 Å². The Bertz CT molecular complexity index is 721. The summed E-state index contributed by atoms with van der Waals surface area (Å²) in [6.07, 6.45) is -0.324. The molecule has 1 saturated heterocycles. The molecule has 154 valence electrons. The van der Waals surface area contributed by atoms with Gasteiger partial charge in [0.25, 0.3) is 0 Å². The fraction of sp³-hybridized carbons (Fsp3) is 0.562. The van der Waals surface area contributed by atoms with Gasteiger partial charge in [-0.25, -0.2) is 8.42 Å². The third-order valence-electron chi connectivity index (χ3n) is 4.04. The predicted molar refractivity (Wildman–Crippen MR) is 103 cm³/mol. The Morgan fingerprint density at radius 1 is 1.33 bits per heavy atom. The van der Waals surface area contributed by atoms with Crippen molar-refractivity contribution in [1.29, 1.82) is 0 Å². The number of carbonyl (C=O) groups is 1. The first-order chi connectivity index (χ1) is 12.4. The molecule has 1 amide bonds. The van der Waals surface area contributed by atoms with Crippen LogP contribution in [-0.2, 0) is 24.3 Å². The van der Waals surface area contributed by atoms with Gasteiger partial charge in [-0.15, -0.1) is 12.4 Å². The maximum atomic E-state index is 12.9. The Morgan fingerprint density at radius 3 is 2.56 bits per heavy atom. The number of carbonyl (C=O) groups excluding carboxylic acids is 1. The summed E-state index contributed by atoms with van der Waals surface area (Å²) in [6, 6.07) is 4.49. The van der Waals surface area contributed by atoms with E-state index in [0.717, 1.165) is 0 Å². The van der Waals surface area contributed by atoms with Gasteiger partial charge in [-0.2, -0.15) is 4.31 Å². The number of hydrogen-bond acceptors (Lipinski definition) is 7. The highest BCUT2D eigenvalue weighted by Crippen LogP contribution is 2.30. The molecular weight excluding hydrogens is 398 g/mol. The highest BCUT2D eigenvalue weighted by Gasteiger charge is 2.29. The summed E-state index contributed by atoms with van der Waals surface area (Å²) in [5, 5.41) is 2.67. The van der Waals surface area contributed by atoms with Crippen molar-refractivity contribution in [2.24, 2.45) is 5.73 Å². The Balaban J connectivity index is 0.00000364. The van der Waals surface area contributed by atoms with Crippen LogP contribution in [0.25, 0.3) is 0 Å². The van der Waals surface area contributed by atoms with Crippen molar-refractivity contribution in [3.8, 4) is 5.75 Å². The fourth-order valence-corrected chi connectivity index (χ4v) is 4.15. The largest absolute Gasteiger partial charge is 0.495 e. The van der Waals surface area contributed by atoms with Gasteiger partial charge in [-0.05, 0) is 18.2 Å². The lowest BCUT2D eigenvalue weighted by atomic mass is 10.2. The third kappa shape index (κ3) is 6.03. The number of rotatable bonds is 8. The van der Waals surface area contributed by atoms with E-state index in [9.17, 15) is 13.2 Å². The van der Waals surface area contributed by atoms with Crippen molar-refractivity contribution in [3.05, 3.63) is 18.2 Å². The van der Waals surface area contributed by atoms with E-state index in [4.69, 9.17) is 19.9 Å². The third-order valence-corrected chi connectivity index (χ3v) is 5.96. The molecule has 1 aliphatic rings. The van der Waals surface area contributed by atoms with E-state index in [1.165, 1.54) is 30.7 Å². The molecule has 1 aromatic carbocycles. The first-order valence-electron chi connectivity index (χ1n) is 8.21. The second-order valence-corrected chi connectivity index (χ2v) is 7.63. The number of benzene rings is 1. The van der Waals surface area contributed by atoms with Gasteiger partial charge in [-0.3, -0.25) is 4.79 Å². The summed E-state index contributed by atoms with van der Waals surface area (Å²) in [5.41, 5.74) is 5.87. The number of sulfonamides is 1. The lowest BCUT2D eigenvalue weighted by molar-refractivity contribution is -0.118. The van der Waals surface area contributed by atoms with E-state index in [1.54, 1.807) is 6.07 Å². The van der Waals surface area contributed by atoms with Gasteiger partial charge in [-0.1, -0.05) is 0 Å². The van der Waals surface area contributed by atoms with E-state index >= 15 is 0 Å². The van der Waals surface area contributed by atoms with Crippen molar-refractivity contribution < 1.29 is 27.4 Å². The number of halogens is 1. The summed E-state index contributed by atoms with van der Waals surface area (Å²) < 4.78 is 42.7. The van der Waals surface area contributed by atoms with E-state index in [1.807, 2.05) is 0 Å². The molecule has 27 heavy (non-hydrogen) atoms. The molecule has 1 aliphatic heterocycles. The second kappa shape index (κ2) is 10.8. The molecule has 0 saturated carbocycles. The molecule has 0 spiro atoms. The molecule has 0 bridgehead atoms. The van der Waals surface area contributed by atoms with Crippen molar-refractivity contribution in [2.45, 2.75) is 17.4 Å². The lowest BCUT2D eigenvalue weighted by Crippen LogP contribution is -2.40. The number of amides is 1. The maximum Gasteiger partial charge on any atom is 0.246 e. The van der Waals surface area contributed by atoms with Crippen molar-refractivity contribution in [1.82, 2.24) is 4.31 Å². The van der Waals surface area contributed by atoms with Gasteiger partial charge in [0.05, 0.1) is 32.8 Å². The monoisotopic (exact) mass is 423 g/mol. The molecule has 0 aromatic heterocycles. The van der Waals surface area contributed by atoms with Gasteiger partial charge in [0.15, 0.2) is 0 Å². The average molecular weight is 424 g/mol. The summed E-state index contributed by atoms with van der Waals surface area (Å²) in [7, 11) is -0.887. The van der Waals surface area contributed by atoms with Gasteiger partial charge in [0.1, 0.15) is 10.6 Å². The SMILES string of the molecule is COc1ccc(NC(=O)CC(CN)OC)cc1S(=O)(=O)N1CCOCC1.Cl. The van der Waals surface area contributed by atoms with Gasteiger partial charge < -0.3 is 25.3 Å². The predicted octanol–water partition coefficient (Wildman–Crippen LogP) is 0.440. The standard InChI is InChI=1S/C16H25N3O6S.ClH/c1-23-13(11-17)10-16(20)18-12-3-4-14(24-2)15(9-12)26(21,22)19-5-7-25-8-6-19;/h3-4,9,13H,5-8,10-11,17H2,1-2H3,(H,18,20);1H. The molecular formula is C16H26ClN3O6S. The minimum absolute atomic E-state index is 0. The number of nitrogens with two attached hydrogens (primary N) is 1. The van der Waals surface area contributed by atoms with Crippen molar-refractivity contribution in [3.63, 3.8) is 0 Å². The van der Waals surface area contributed by atoms with E-state index < -0.39 is 16.1 Å². The molecule has 9 nitrogen and oxygen atoms in total. The molecule has 1 heterocycles. The molecule has 0 radical (unpaired) electrons. The summed E-state index contributed by atoms with van der Waals surface area (Å²) >= 11 is 0. The Kier molecular flexibility index (Phi) is 9.43. The fourth-order valence-electron chi connectivity index (χ4n) is 2.56. The normalized spacial score (nSPS) is 16.3. The van der Waals surface area contributed by atoms with Crippen LogP contribution in [0.15, 0.2) is 23.1 Å². The van der Waals surface area contributed by atoms with Crippen LogP contribution in [0.1, 0.15) is 6.42 Å². The molecule has 11 heteroatoms. The second-order valence-electron chi connectivity index (χ2n) is 5.73. The molecule has 1 fully saturated rings. The minimum Gasteiger partial charge on any atom is -0.495 e. The zero-order chi connectivity index (χ0) is 19.2. The van der Waals surface area contributed by atoms with Crippen LogP contribution in [0.3, 0.4) is 0 Å². The average Bonchev–Trinajstić information content (AvgIpc) is 2.66. The zero-order valence-corrected chi connectivity index (χ0v) is 17.0. The molecule has 1 atom stereocenters. The summed E-state index contributed by atoms with van der Waals surface area (Å²) in [6.45, 7) is 1.44. The van der Waals surface area contributed by atoms with Crippen LogP contribution in [-0.4, -0.2) is 71.8 Å². The maximum absolute atomic E-state index is 12.9. The molecule has 3 N–H and O–H groups in total. The van der Waals surface area contributed by atoms with Crippen LogP contribution in [0.2, 0.25) is 0 Å². The van der Waals surface area contributed by atoms with Crippen LogP contribution < -0.4 is 15.8 Å². The first-order valence-corrected chi connectivity index (χ1v) is 9.65. The number of hydrogen-bond donors (Lipinski definition) is 2. The topological polar surface area (TPSA) is 120 Å². The van der Waals surface area contributed by atoms with Crippen LogP contribution in [0, 0.1) is 0 Å². The molecule has 2 rings (SSSR count).